The van der Waals surface area contributed by atoms with Gasteiger partial charge in [0.2, 0.25) is 5.91 Å². The van der Waals surface area contributed by atoms with Gasteiger partial charge in [0.1, 0.15) is 0 Å². The van der Waals surface area contributed by atoms with E-state index in [1.165, 1.54) is 62.9 Å². The van der Waals surface area contributed by atoms with Gasteiger partial charge in [-0.2, -0.15) is 5.10 Å². The van der Waals surface area contributed by atoms with E-state index in [9.17, 15) is 19.7 Å². The van der Waals surface area contributed by atoms with Crippen molar-refractivity contribution in [3.05, 3.63) is 39.9 Å². The van der Waals surface area contributed by atoms with Crippen LogP contribution in [0.25, 0.3) is 0 Å². The molecule has 1 rings (SSSR count). The van der Waals surface area contributed by atoms with E-state index in [-0.39, 0.29) is 18.1 Å². The summed E-state index contributed by atoms with van der Waals surface area (Å²) < 4.78 is 0. The lowest BCUT2D eigenvalue weighted by Crippen LogP contribution is -2.34. The van der Waals surface area contributed by atoms with Crippen LogP contribution in [0.3, 0.4) is 0 Å². The van der Waals surface area contributed by atoms with Crippen molar-refractivity contribution in [2.24, 2.45) is 5.10 Å². The number of carbonyl (C=O) groups is 2. The molecule has 0 aliphatic rings. The number of unbranched alkanes of at least 4 members (excludes halogenated alkanes) is 8. The second-order valence-corrected chi connectivity index (χ2v) is 7.00. The maximum absolute atomic E-state index is 11.8. The van der Waals surface area contributed by atoms with Gasteiger partial charge in [0.25, 0.3) is 11.6 Å². The Labute approximate surface area is 172 Å². The highest BCUT2D eigenvalue weighted by Gasteiger charge is 2.06. The third-order valence-corrected chi connectivity index (χ3v) is 4.44. The Balaban J connectivity index is 2.09. The Bertz CT molecular complexity index is 676. The Morgan fingerprint density at radius 3 is 2.34 bits per heavy atom. The van der Waals surface area contributed by atoms with Gasteiger partial charge in [-0.1, -0.05) is 70.4 Å². The van der Waals surface area contributed by atoms with Gasteiger partial charge in [-0.25, -0.2) is 5.43 Å². The highest BCUT2D eigenvalue weighted by atomic mass is 16.6. The van der Waals surface area contributed by atoms with E-state index < -0.39 is 10.8 Å². The molecule has 0 atom stereocenters. The minimum Gasteiger partial charge on any atom is -0.347 e. The standard InChI is InChI=1S/C21H32N4O4/c1-2-3-4-5-6-7-8-9-10-14-20(26)22-17-21(27)24-23-16-18-12-11-13-19(15-18)25(28)29/h11-13,15-16H,2-10,14,17H2,1H3,(H,22,26)(H,24,27). The van der Waals surface area contributed by atoms with E-state index in [4.69, 9.17) is 0 Å². The SMILES string of the molecule is CCCCCCCCCCCC(=O)NCC(=O)NN=Cc1cccc([N+](=O)[O-])c1. The molecule has 1 aromatic rings. The van der Waals surface area contributed by atoms with E-state index in [1.807, 2.05) is 0 Å². The minimum atomic E-state index is -0.501. The number of benzene rings is 1. The maximum Gasteiger partial charge on any atom is 0.270 e. The summed E-state index contributed by atoms with van der Waals surface area (Å²) in [7, 11) is 0. The van der Waals surface area contributed by atoms with Crippen LogP contribution in [0.4, 0.5) is 5.69 Å². The first-order chi connectivity index (χ1) is 14.0. The van der Waals surface area contributed by atoms with Crippen molar-refractivity contribution in [2.75, 3.05) is 6.54 Å². The fourth-order valence-electron chi connectivity index (χ4n) is 2.80. The lowest BCUT2D eigenvalue weighted by Gasteiger charge is -2.04. The number of rotatable bonds is 15. The maximum atomic E-state index is 11.8. The molecular formula is C21H32N4O4. The average Bonchev–Trinajstić information content (AvgIpc) is 2.71. The predicted molar refractivity (Wildman–Crippen MR) is 114 cm³/mol. The first-order valence-corrected chi connectivity index (χ1v) is 10.4. The van der Waals surface area contributed by atoms with Crippen LogP contribution in [0.15, 0.2) is 29.4 Å². The van der Waals surface area contributed by atoms with Gasteiger partial charge in [0.05, 0.1) is 17.7 Å². The number of nitro groups is 1. The van der Waals surface area contributed by atoms with Gasteiger partial charge in [-0.3, -0.25) is 19.7 Å². The third kappa shape index (κ3) is 12.3. The molecule has 1 aromatic carbocycles. The van der Waals surface area contributed by atoms with Crippen LogP contribution in [0.1, 0.15) is 76.7 Å². The number of amides is 2. The van der Waals surface area contributed by atoms with E-state index in [0.717, 1.165) is 19.3 Å². The van der Waals surface area contributed by atoms with Crippen LogP contribution >= 0.6 is 0 Å². The first-order valence-electron chi connectivity index (χ1n) is 10.4. The molecule has 2 N–H and O–H groups in total. The summed E-state index contributed by atoms with van der Waals surface area (Å²) in [5.74, 6) is -0.599. The summed E-state index contributed by atoms with van der Waals surface area (Å²) in [6, 6.07) is 5.89. The second-order valence-electron chi connectivity index (χ2n) is 7.00. The van der Waals surface area contributed by atoms with Gasteiger partial charge in [0.15, 0.2) is 0 Å². The van der Waals surface area contributed by atoms with Gasteiger partial charge in [-0.05, 0) is 6.42 Å². The highest BCUT2D eigenvalue weighted by Crippen LogP contribution is 2.11. The van der Waals surface area contributed by atoms with Crippen molar-refractivity contribution in [3.8, 4) is 0 Å². The number of hydrogen-bond acceptors (Lipinski definition) is 5. The lowest BCUT2D eigenvalue weighted by atomic mass is 10.1. The Morgan fingerprint density at radius 2 is 1.69 bits per heavy atom. The first kappa shape index (κ1) is 24.3. The van der Waals surface area contributed by atoms with E-state index in [1.54, 1.807) is 6.07 Å². The molecule has 0 aliphatic carbocycles. The fourth-order valence-corrected chi connectivity index (χ4v) is 2.80. The molecule has 2 amide bonds. The average molecular weight is 405 g/mol. The molecule has 29 heavy (non-hydrogen) atoms. The molecule has 8 heteroatoms. The molecule has 0 aliphatic heterocycles. The van der Waals surface area contributed by atoms with Gasteiger partial charge in [-0.15, -0.1) is 0 Å². The van der Waals surface area contributed by atoms with Crippen LogP contribution in [0, 0.1) is 10.1 Å². The Kier molecular flexibility index (Phi) is 12.7. The van der Waals surface area contributed by atoms with Crippen LogP contribution in [0.5, 0.6) is 0 Å². The van der Waals surface area contributed by atoms with E-state index >= 15 is 0 Å². The Hall–Kier alpha value is -2.77. The molecule has 0 unspecified atom stereocenters. The molecule has 0 aromatic heterocycles. The molecule has 0 radical (unpaired) electrons. The predicted octanol–water partition coefficient (Wildman–Crippen LogP) is 4.08. The molecule has 160 valence electrons. The van der Waals surface area contributed by atoms with Crippen LogP contribution in [0.2, 0.25) is 0 Å². The number of nitro benzene ring substituents is 1. The van der Waals surface area contributed by atoms with Crippen molar-refractivity contribution in [1.82, 2.24) is 10.7 Å². The number of hydrazone groups is 1. The second kappa shape index (κ2) is 15.2. The number of non-ortho nitro benzene ring substituents is 1. The highest BCUT2D eigenvalue weighted by molar-refractivity contribution is 5.86. The zero-order valence-corrected chi connectivity index (χ0v) is 17.2. The largest absolute Gasteiger partial charge is 0.347 e. The smallest absolute Gasteiger partial charge is 0.270 e. The summed E-state index contributed by atoms with van der Waals surface area (Å²) >= 11 is 0. The summed E-state index contributed by atoms with van der Waals surface area (Å²) in [5, 5.41) is 17.0. The quantitative estimate of drug-likeness (QED) is 0.198. The molecule has 0 fully saturated rings. The van der Waals surface area contributed by atoms with Crippen LogP contribution in [-0.2, 0) is 9.59 Å². The van der Waals surface area contributed by atoms with Crippen molar-refractivity contribution < 1.29 is 14.5 Å². The number of nitrogens with zero attached hydrogens (tertiary/aromatic N) is 2. The molecule has 0 bridgehead atoms. The Morgan fingerprint density at radius 1 is 1.03 bits per heavy atom. The van der Waals surface area contributed by atoms with Gasteiger partial charge >= 0.3 is 0 Å². The zero-order valence-electron chi connectivity index (χ0n) is 17.2. The summed E-state index contributed by atoms with van der Waals surface area (Å²) in [5.41, 5.74) is 2.73. The van der Waals surface area contributed by atoms with Crippen LogP contribution in [-0.4, -0.2) is 29.5 Å². The molecular weight excluding hydrogens is 372 g/mol. The van der Waals surface area contributed by atoms with Gasteiger partial charge < -0.3 is 5.32 Å². The molecule has 0 heterocycles. The molecule has 0 saturated carbocycles. The number of nitrogens with one attached hydrogen (secondary N) is 2. The molecule has 0 spiro atoms. The van der Waals surface area contributed by atoms with Crippen molar-refractivity contribution >= 4 is 23.7 Å². The summed E-state index contributed by atoms with van der Waals surface area (Å²) in [6.07, 6.45) is 12.4. The van der Waals surface area contributed by atoms with E-state index in [2.05, 4.69) is 22.8 Å². The van der Waals surface area contributed by atoms with Crippen molar-refractivity contribution in [1.29, 1.82) is 0 Å². The number of carbonyl (C=O) groups excluding carboxylic acids is 2. The fraction of sp³-hybridized carbons (Fsp3) is 0.571. The summed E-state index contributed by atoms with van der Waals surface area (Å²) in [4.78, 5) is 33.7. The lowest BCUT2D eigenvalue weighted by molar-refractivity contribution is -0.384. The monoisotopic (exact) mass is 404 g/mol. The van der Waals surface area contributed by atoms with Crippen LogP contribution < -0.4 is 10.7 Å². The third-order valence-electron chi connectivity index (χ3n) is 4.44. The molecule has 8 nitrogen and oxygen atoms in total. The minimum absolute atomic E-state index is 0.0518. The molecule has 0 saturated heterocycles. The number of hydrogen-bond donors (Lipinski definition) is 2. The van der Waals surface area contributed by atoms with E-state index in [0.29, 0.717) is 12.0 Å². The van der Waals surface area contributed by atoms with Crippen molar-refractivity contribution in [3.63, 3.8) is 0 Å². The van der Waals surface area contributed by atoms with Gasteiger partial charge in [0, 0.05) is 24.1 Å². The zero-order chi connectivity index (χ0) is 21.3. The van der Waals surface area contributed by atoms with Crippen molar-refractivity contribution in [2.45, 2.75) is 71.1 Å². The topological polar surface area (TPSA) is 114 Å². The summed E-state index contributed by atoms with van der Waals surface area (Å²) in [6.45, 7) is 2.06. The normalized spacial score (nSPS) is 10.8.